The Hall–Kier alpha value is -1.69. The minimum absolute atomic E-state index is 0.173. The highest BCUT2D eigenvalue weighted by atomic mass is 19.1. The molecule has 0 spiro atoms. The molecule has 0 N–H and O–H groups in total. The van der Waals surface area contributed by atoms with Crippen molar-refractivity contribution in [3.8, 4) is 0 Å². The maximum atomic E-state index is 13.6. The van der Waals surface area contributed by atoms with Crippen molar-refractivity contribution in [1.82, 2.24) is 4.90 Å². The number of likely N-dealkylation sites (tertiary alicyclic amines) is 1. The van der Waals surface area contributed by atoms with E-state index in [0.29, 0.717) is 17.6 Å². The molecule has 0 bridgehead atoms. The van der Waals surface area contributed by atoms with E-state index in [1.807, 2.05) is 0 Å². The van der Waals surface area contributed by atoms with E-state index >= 15 is 0 Å². The Bertz CT molecular complexity index is 552. The first-order valence-electron chi connectivity index (χ1n) is 7.45. The Morgan fingerprint density at radius 3 is 2.86 bits per heavy atom. The van der Waals surface area contributed by atoms with Crippen molar-refractivity contribution in [1.29, 1.82) is 0 Å². The number of non-ortho nitro benzene ring substituents is 1. The molecule has 2 saturated heterocycles. The Morgan fingerprint density at radius 2 is 2.10 bits per heavy atom. The average Bonchev–Trinajstić information content (AvgIpc) is 2.46. The molecule has 3 rings (SSSR count). The Labute approximate surface area is 123 Å². The van der Waals surface area contributed by atoms with E-state index in [1.165, 1.54) is 25.0 Å². The lowest BCUT2D eigenvalue weighted by atomic mass is 9.84. The molecule has 6 heteroatoms. The highest BCUT2D eigenvalue weighted by Crippen LogP contribution is 2.33. The first-order valence-corrected chi connectivity index (χ1v) is 7.45. The molecule has 0 radical (unpaired) electrons. The van der Waals surface area contributed by atoms with Crippen LogP contribution in [0, 0.1) is 21.8 Å². The number of nitrogens with zero attached hydrogens (tertiary/aromatic N) is 3. The molecule has 114 valence electrons. The average molecular weight is 293 g/mol. The monoisotopic (exact) mass is 293 g/mol. The van der Waals surface area contributed by atoms with E-state index in [9.17, 15) is 14.5 Å². The molecule has 21 heavy (non-hydrogen) atoms. The smallest absolute Gasteiger partial charge is 0.274 e. The summed E-state index contributed by atoms with van der Waals surface area (Å²) in [5.74, 6) is 0.0295. The van der Waals surface area contributed by atoms with Crippen LogP contribution in [-0.4, -0.2) is 42.5 Å². The Kier molecular flexibility index (Phi) is 3.80. The number of nitro groups is 1. The van der Waals surface area contributed by atoms with Gasteiger partial charge in [-0.05, 0) is 44.8 Å². The van der Waals surface area contributed by atoms with Crippen molar-refractivity contribution < 1.29 is 9.31 Å². The molecular formula is C15H20FN3O2. The molecule has 5 nitrogen and oxygen atoms in total. The number of hydrogen-bond acceptors (Lipinski definition) is 4. The second-order valence-corrected chi connectivity index (χ2v) is 6.11. The fraction of sp³-hybridized carbons (Fsp3) is 0.600. The molecule has 1 aromatic rings. The first kappa shape index (κ1) is 14.3. The van der Waals surface area contributed by atoms with E-state index in [0.717, 1.165) is 32.1 Å². The van der Waals surface area contributed by atoms with Crippen LogP contribution >= 0.6 is 0 Å². The van der Waals surface area contributed by atoms with E-state index < -0.39 is 10.7 Å². The van der Waals surface area contributed by atoms with Crippen LogP contribution in [0.15, 0.2) is 18.2 Å². The summed E-state index contributed by atoms with van der Waals surface area (Å²) in [6.45, 7) is 2.83. The normalized spacial score (nSPS) is 26.5. The molecule has 0 aromatic heterocycles. The number of halogens is 1. The van der Waals surface area contributed by atoms with Crippen molar-refractivity contribution in [2.24, 2.45) is 5.92 Å². The Morgan fingerprint density at radius 1 is 1.29 bits per heavy atom. The maximum absolute atomic E-state index is 13.6. The third-order valence-electron chi connectivity index (χ3n) is 4.79. The second kappa shape index (κ2) is 5.60. The fourth-order valence-electron chi connectivity index (χ4n) is 3.73. The summed E-state index contributed by atoms with van der Waals surface area (Å²) in [4.78, 5) is 14.8. The van der Waals surface area contributed by atoms with Crippen molar-refractivity contribution in [3.05, 3.63) is 34.1 Å². The number of nitro benzene ring substituents is 1. The standard InChI is InChI=1S/C15H20FN3O2/c1-17-5-2-3-11-10-18(6-4-15(11)17)13-7-12(16)8-14(9-13)19(20)21/h7-9,11,15H,2-6,10H2,1H3. The van der Waals surface area contributed by atoms with E-state index in [2.05, 4.69) is 16.8 Å². The zero-order valence-corrected chi connectivity index (χ0v) is 12.2. The number of anilines is 1. The van der Waals surface area contributed by atoms with Crippen molar-refractivity contribution in [3.63, 3.8) is 0 Å². The predicted octanol–water partition coefficient (Wildman–Crippen LogP) is 2.65. The number of hydrogen-bond donors (Lipinski definition) is 0. The summed E-state index contributed by atoms with van der Waals surface area (Å²) in [6, 6.07) is 4.46. The van der Waals surface area contributed by atoms with Crippen LogP contribution in [0.2, 0.25) is 0 Å². The highest BCUT2D eigenvalue weighted by molar-refractivity contribution is 5.54. The van der Waals surface area contributed by atoms with E-state index in [-0.39, 0.29) is 5.69 Å². The topological polar surface area (TPSA) is 49.6 Å². The van der Waals surface area contributed by atoms with Gasteiger partial charge in [-0.25, -0.2) is 4.39 Å². The van der Waals surface area contributed by atoms with Gasteiger partial charge in [0.1, 0.15) is 5.82 Å². The van der Waals surface area contributed by atoms with Crippen LogP contribution in [0.1, 0.15) is 19.3 Å². The molecule has 2 heterocycles. The molecule has 2 atom stereocenters. The fourth-order valence-corrected chi connectivity index (χ4v) is 3.73. The van der Waals surface area contributed by atoms with Crippen molar-refractivity contribution in [2.75, 3.05) is 31.6 Å². The van der Waals surface area contributed by atoms with Crippen LogP contribution < -0.4 is 4.90 Å². The third-order valence-corrected chi connectivity index (χ3v) is 4.79. The van der Waals surface area contributed by atoms with Crippen molar-refractivity contribution in [2.45, 2.75) is 25.3 Å². The number of fused-ring (bicyclic) bond motifs is 1. The summed E-state index contributed by atoms with van der Waals surface area (Å²) >= 11 is 0. The molecule has 2 aliphatic rings. The van der Waals surface area contributed by atoms with Gasteiger partial charge >= 0.3 is 0 Å². The molecule has 2 aliphatic heterocycles. The van der Waals surface area contributed by atoms with Gasteiger partial charge in [0.15, 0.2) is 0 Å². The zero-order chi connectivity index (χ0) is 15.0. The van der Waals surface area contributed by atoms with Gasteiger partial charge in [-0.3, -0.25) is 10.1 Å². The van der Waals surface area contributed by atoms with Gasteiger partial charge in [0.05, 0.1) is 11.0 Å². The number of piperidine rings is 2. The lowest BCUT2D eigenvalue weighted by Crippen LogP contribution is -2.52. The molecule has 0 aliphatic carbocycles. The van der Waals surface area contributed by atoms with Gasteiger partial charge in [-0.2, -0.15) is 0 Å². The van der Waals surface area contributed by atoms with E-state index in [4.69, 9.17) is 0 Å². The summed E-state index contributed by atoms with van der Waals surface area (Å²) < 4.78 is 13.6. The lowest BCUT2D eigenvalue weighted by molar-refractivity contribution is -0.385. The van der Waals surface area contributed by atoms with Gasteiger partial charge in [0, 0.05) is 30.9 Å². The molecule has 1 aromatic carbocycles. The summed E-state index contributed by atoms with van der Waals surface area (Å²) in [7, 11) is 2.17. The van der Waals surface area contributed by atoms with Gasteiger partial charge in [0.2, 0.25) is 0 Å². The number of rotatable bonds is 2. The zero-order valence-electron chi connectivity index (χ0n) is 12.2. The van der Waals surface area contributed by atoms with Crippen LogP contribution in [-0.2, 0) is 0 Å². The lowest BCUT2D eigenvalue weighted by Gasteiger charge is -2.46. The number of benzene rings is 1. The minimum Gasteiger partial charge on any atom is -0.371 e. The highest BCUT2D eigenvalue weighted by Gasteiger charge is 2.34. The molecule has 2 fully saturated rings. The van der Waals surface area contributed by atoms with Gasteiger partial charge < -0.3 is 9.80 Å². The van der Waals surface area contributed by atoms with Crippen LogP contribution in [0.4, 0.5) is 15.8 Å². The second-order valence-electron chi connectivity index (χ2n) is 6.11. The maximum Gasteiger partial charge on any atom is 0.274 e. The molecule has 0 amide bonds. The van der Waals surface area contributed by atoms with E-state index in [1.54, 1.807) is 0 Å². The summed E-state index contributed by atoms with van der Waals surface area (Å²) in [5.41, 5.74) is 0.460. The predicted molar refractivity (Wildman–Crippen MR) is 79.0 cm³/mol. The SMILES string of the molecule is CN1CCCC2CN(c3cc(F)cc([N+](=O)[O-])c3)CCC21. The largest absolute Gasteiger partial charge is 0.371 e. The van der Waals surface area contributed by atoms with Crippen LogP contribution in [0.3, 0.4) is 0 Å². The Balaban J connectivity index is 1.80. The quantitative estimate of drug-likeness (QED) is 0.621. The van der Waals surface area contributed by atoms with Gasteiger partial charge in [-0.1, -0.05) is 0 Å². The third kappa shape index (κ3) is 2.85. The summed E-state index contributed by atoms with van der Waals surface area (Å²) in [6.07, 6.45) is 3.41. The molecular weight excluding hydrogens is 273 g/mol. The van der Waals surface area contributed by atoms with Gasteiger partial charge in [0.25, 0.3) is 5.69 Å². The van der Waals surface area contributed by atoms with Gasteiger partial charge in [-0.15, -0.1) is 0 Å². The molecule has 0 saturated carbocycles. The van der Waals surface area contributed by atoms with Crippen LogP contribution in [0.25, 0.3) is 0 Å². The minimum atomic E-state index is -0.540. The first-order chi connectivity index (χ1) is 10.0. The molecule has 2 unspecified atom stereocenters. The van der Waals surface area contributed by atoms with Crippen molar-refractivity contribution >= 4 is 11.4 Å². The van der Waals surface area contributed by atoms with Crippen LogP contribution in [0.5, 0.6) is 0 Å². The summed E-state index contributed by atoms with van der Waals surface area (Å²) in [5, 5.41) is 10.9.